The molecular weight excluding hydrogens is 586 g/mol. The van der Waals surface area contributed by atoms with Crippen LogP contribution in [0.15, 0.2) is 24.8 Å². The first kappa shape index (κ1) is 38.2. The molecule has 5 rings (SSSR count). The topological polar surface area (TPSA) is 18.5 Å². The second-order valence-corrected chi connectivity index (χ2v) is 16.0. The van der Waals surface area contributed by atoms with Crippen LogP contribution in [-0.2, 0) is 0 Å². The van der Waals surface area contributed by atoms with E-state index in [2.05, 4.69) is 26.5 Å². The van der Waals surface area contributed by atoms with Crippen LogP contribution in [0, 0.1) is 59.0 Å². The molecule has 0 saturated heterocycles. The fraction of sp³-hybridized carbons (Fsp3) is 0.814. The summed E-state index contributed by atoms with van der Waals surface area (Å²) in [5, 5.41) is 0. The van der Waals surface area contributed by atoms with E-state index in [-0.39, 0.29) is 11.5 Å². The van der Waals surface area contributed by atoms with Gasteiger partial charge in [-0.15, -0.1) is 6.58 Å². The van der Waals surface area contributed by atoms with Crippen LogP contribution < -0.4 is 9.47 Å². The van der Waals surface area contributed by atoms with Crippen molar-refractivity contribution in [2.45, 2.75) is 162 Å². The summed E-state index contributed by atoms with van der Waals surface area (Å²) in [7, 11) is 0. The number of hydrogen-bond acceptors (Lipinski definition) is 2. The zero-order chi connectivity index (χ0) is 33.4. The molecular formula is C43H70F2O2. The third-order valence-corrected chi connectivity index (χ3v) is 12.9. The van der Waals surface area contributed by atoms with Gasteiger partial charge in [-0.3, -0.25) is 0 Å². The van der Waals surface area contributed by atoms with Gasteiger partial charge in [-0.25, -0.2) is 0 Å². The molecule has 4 aliphatic carbocycles. The molecule has 1 aromatic rings. The molecule has 1 aromatic carbocycles. The highest BCUT2D eigenvalue weighted by molar-refractivity contribution is 5.35. The van der Waals surface area contributed by atoms with Gasteiger partial charge in [0.15, 0.2) is 11.5 Å². The van der Waals surface area contributed by atoms with Crippen LogP contribution in [0.2, 0.25) is 0 Å². The van der Waals surface area contributed by atoms with Gasteiger partial charge in [0, 0.05) is 0 Å². The number of halogens is 2. The standard InChI is InChI=1S/C24H36F2O2.C19H34/c1-3-5-17-6-10-19(11-7-17)20-12-8-18(9-13-20)16-28-22-15-14-21(27-4-2)23(25)24(22)26;1-3-5-6-7-17-10-14-19(15-11-17)18-12-8-16(4-2)9-13-18/h14-15,17-20H,3-13,16H2,1-2H3;4,16-19H,2-3,5-15H2,1H3. The smallest absolute Gasteiger partial charge is 0.204 e. The van der Waals surface area contributed by atoms with E-state index in [0.29, 0.717) is 19.1 Å². The number of benzene rings is 1. The van der Waals surface area contributed by atoms with E-state index >= 15 is 0 Å². The minimum absolute atomic E-state index is 0.00248. The molecule has 4 heteroatoms. The summed E-state index contributed by atoms with van der Waals surface area (Å²) in [6.45, 7) is 11.1. The average Bonchev–Trinajstić information content (AvgIpc) is 3.11. The summed E-state index contributed by atoms with van der Waals surface area (Å²) in [4.78, 5) is 0. The quantitative estimate of drug-likeness (QED) is 0.147. The lowest BCUT2D eigenvalue weighted by Crippen LogP contribution is -2.27. The van der Waals surface area contributed by atoms with Gasteiger partial charge in [-0.05, 0) is 143 Å². The predicted molar refractivity (Wildman–Crippen MR) is 194 cm³/mol. The van der Waals surface area contributed by atoms with Crippen molar-refractivity contribution in [3.63, 3.8) is 0 Å². The lowest BCUT2D eigenvalue weighted by atomic mass is 9.68. The fourth-order valence-electron chi connectivity index (χ4n) is 9.77. The maximum absolute atomic E-state index is 14.2. The summed E-state index contributed by atoms with van der Waals surface area (Å²) in [6, 6.07) is 2.92. The highest BCUT2D eigenvalue weighted by atomic mass is 19.2. The Labute approximate surface area is 288 Å². The molecule has 0 amide bonds. The van der Waals surface area contributed by atoms with Crippen molar-refractivity contribution in [1.29, 1.82) is 0 Å². The first-order valence-corrected chi connectivity index (χ1v) is 20.3. The molecule has 47 heavy (non-hydrogen) atoms. The molecule has 0 atom stereocenters. The Kier molecular flexibility index (Phi) is 16.9. The molecule has 2 nitrogen and oxygen atoms in total. The Bertz CT molecular complexity index is 993. The molecule has 0 N–H and O–H groups in total. The zero-order valence-electron chi connectivity index (χ0n) is 30.6. The van der Waals surface area contributed by atoms with Gasteiger partial charge in [-0.1, -0.05) is 84.1 Å². The van der Waals surface area contributed by atoms with Crippen molar-refractivity contribution in [2.75, 3.05) is 13.2 Å². The van der Waals surface area contributed by atoms with Crippen molar-refractivity contribution >= 4 is 0 Å². The third-order valence-electron chi connectivity index (χ3n) is 12.9. The molecule has 4 fully saturated rings. The van der Waals surface area contributed by atoms with Crippen molar-refractivity contribution in [3.8, 4) is 11.5 Å². The van der Waals surface area contributed by atoms with E-state index in [1.807, 2.05) is 0 Å². The number of allylic oxidation sites excluding steroid dienone is 1. The molecule has 268 valence electrons. The molecule has 0 unspecified atom stereocenters. The van der Waals surface area contributed by atoms with Gasteiger partial charge in [0.1, 0.15) is 0 Å². The Morgan fingerprint density at radius 3 is 1.47 bits per heavy atom. The van der Waals surface area contributed by atoms with Crippen molar-refractivity contribution in [2.24, 2.45) is 47.3 Å². The number of ether oxygens (including phenoxy) is 2. The predicted octanol–water partition coefficient (Wildman–Crippen LogP) is 13.5. The number of unbranched alkanes of at least 4 members (excludes halogenated alkanes) is 2. The molecule has 0 aromatic heterocycles. The van der Waals surface area contributed by atoms with Crippen LogP contribution in [0.5, 0.6) is 11.5 Å². The third kappa shape index (κ3) is 12.1. The highest BCUT2D eigenvalue weighted by Crippen LogP contribution is 2.44. The zero-order valence-corrected chi connectivity index (χ0v) is 30.6. The Hall–Kier alpha value is -1.58. The van der Waals surface area contributed by atoms with Crippen LogP contribution in [0.1, 0.15) is 162 Å². The first-order chi connectivity index (χ1) is 22.9. The van der Waals surface area contributed by atoms with Gasteiger partial charge in [0.2, 0.25) is 11.6 Å². The summed E-state index contributed by atoms with van der Waals surface area (Å²) >= 11 is 0. The second kappa shape index (κ2) is 20.8. The Morgan fingerprint density at radius 1 is 0.574 bits per heavy atom. The van der Waals surface area contributed by atoms with E-state index in [4.69, 9.17) is 9.47 Å². The highest BCUT2D eigenvalue weighted by Gasteiger charge is 2.32. The van der Waals surface area contributed by atoms with Crippen molar-refractivity contribution < 1.29 is 18.3 Å². The first-order valence-electron chi connectivity index (χ1n) is 20.3. The van der Waals surface area contributed by atoms with Crippen LogP contribution in [0.25, 0.3) is 0 Å². The fourth-order valence-corrected chi connectivity index (χ4v) is 9.77. The normalized spacial score (nSPS) is 31.3. The van der Waals surface area contributed by atoms with Crippen LogP contribution >= 0.6 is 0 Å². The maximum atomic E-state index is 14.2. The lowest BCUT2D eigenvalue weighted by molar-refractivity contribution is 0.120. The molecule has 4 saturated carbocycles. The molecule has 4 aliphatic rings. The molecule has 0 bridgehead atoms. The minimum Gasteiger partial charge on any atom is -0.491 e. The Morgan fingerprint density at radius 2 is 1.02 bits per heavy atom. The van der Waals surface area contributed by atoms with Crippen molar-refractivity contribution in [3.05, 3.63) is 36.4 Å². The van der Waals surface area contributed by atoms with Gasteiger partial charge < -0.3 is 9.47 Å². The van der Waals surface area contributed by atoms with Gasteiger partial charge >= 0.3 is 0 Å². The average molecular weight is 657 g/mol. The van der Waals surface area contributed by atoms with Crippen LogP contribution in [-0.4, -0.2) is 13.2 Å². The van der Waals surface area contributed by atoms with Crippen LogP contribution in [0.4, 0.5) is 8.78 Å². The van der Waals surface area contributed by atoms with E-state index in [0.717, 1.165) is 54.3 Å². The largest absolute Gasteiger partial charge is 0.491 e. The monoisotopic (exact) mass is 657 g/mol. The summed E-state index contributed by atoms with van der Waals surface area (Å²) in [5.74, 6) is 5.28. The minimum atomic E-state index is -0.957. The van der Waals surface area contributed by atoms with Crippen molar-refractivity contribution in [1.82, 2.24) is 0 Å². The van der Waals surface area contributed by atoms with E-state index < -0.39 is 11.6 Å². The number of hydrogen-bond donors (Lipinski definition) is 0. The molecule has 0 spiro atoms. The second-order valence-electron chi connectivity index (χ2n) is 16.0. The van der Waals surface area contributed by atoms with Gasteiger partial charge in [-0.2, -0.15) is 8.78 Å². The van der Waals surface area contributed by atoms with E-state index in [1.54, 1.807) is 19.8 Å². The lowest BCUT2D eigenvalue weighted by Gasteiger charge is -2.37. The molecule has 0 aliphatic heterocycles. The number of rotatable bonds is 14. The van der Waals surface area contributed by atoms with Gasteiger partial charge in [0.05, 0.1) is 13.2 Å². The summed E-state index contributed by atoms with van der Waals surface area (Å²) < 4.78 is 38.8. The van der Waals surface area contributed by atoms with Crippen LogP contribution in [0.3, 0.4) is 0 Å². The Balaban J connectivity index is 0.000000229. The summed E-state index contributed by atoms with van der Waals surface area (Å²) in [6.07, 6.45) is 33.2. The SMILES string of the molecule is C=CC1CCC(C2CCC(CCCCC)CC2)CC1.CCCC1CCC(C2CCC(COc3ccc(OCC)c(F)c3F)CC2)CC1. The van der Waals surface area contributed by atoms with Gasteiger partial charge in [0.25, 0.3) is 0 Å². The maximum Gasteiger partial charge on any atom is 0.204 e. The molecule has 0 radical (unpaired) electrons. The summed E-state index contributed by atoms with van der Waals surface area (Å²) in [5.41, 5.74) is 0. The van der Waals surface area contributed by atoms with E-state index in [1.165, 1.54) is 128 Å². The molecule has 0 heterocycles. The van der Waals surface area contributed by atoms with E-state index in [9.17, 15) is 8.78 Å².